The van der Waals surface area contributed by atoms with Crippen molar-refractivity contribution in [1.29, 1.82) is 0 Å². The first-order valence-electron chi connectivity index (χ1n) is 10.6. The standard InChI is InChI=1S/C24H25N5O2/c30-23(25-19-8-9-21-22(14-19)27-24(31)26-21)16-29-12-10-28(11-13-29)15-18-6-3-5-17-4-1-2-7-20(17)18/h1-9,14H,10-13,15-16H2,(H,25,30)(H2,26,27,31). The number of carbonyl (C=O) groups is 1. The van der Waals surface area contributed by atoms with Crippen LogP contribution >= 0.6 is 0 Å². The van der Waals surface area contributed by atoms with Gasteiger partial charge >= 0.3 is 5.69 Å². The Morgan fingerprint density at radius 3 is 2.48 bits per heavy atom. The normalized spacial score (nSPS) is 15.5. The number of fused-ring (bicyclic) bond motifs is 2. The van der Waals surface area contributed by atoms with Crippen LogP contribution in [0.15, 0.2) is 65.5 Å². The Kier molecular flexibility index (Phi) is 5.28. The average Bonchev–Trinajstić information content (AvgIpc) is 3.14. The van der Waals surface area contributed by atoms with Crippen LogP contribution < -0.4 is 11.0 Å². The molecule has 158 valence electrons. The van der Waals surface area contributed by atoms with Gasteiger partial charge in [-0.3, -0.25) is 14.6 Å². The smallest absolute Gasteiger partial charge is 0.323 e. The van der Waals surface area contributed by atoms with E-state index in [1.54, 1.807) is 18.2 Å². The van der Waals surface area contributed by atoms with Crippen molar-refractivity contribution in [1.82, 2.24) is 19.8 Å². The molecule has 31 heavy (non-hydrogen) atoms. The molecule has 1 saturated heterocycles. The number of nitrogens with zero attached hydrogens (tertiary/aromatic N) is 2. The molecular formula is C24H25N5O2. The van der Waals surface area contributed by atoms with E-state index < -0.39 is 0 Å². The van der Waals surface area contributed by atoms with Crippen molar-refractivity contribution in [3.63, 3.8) is 0 Å². The highest BCUT2D eigenvalue weighted by atomic mass is 16.2. The van der Waals surface area contributed by atoms with Gasteiger partial charge in [0, 0.05) is 38.4 Å². The highest BCUT2D eigenvalue weighted by molar-refractivity contribution is 5.94. The van der Waals surface area contributed by atoms with Crippen LogP contribution in [0, 0.1) is 0 Å². The van der Waals surface area contributed by atoms with Crippen LogP contribution in [0.4, 0.5) is 5.69 Å². The van der Waals surface area contributed by atoms with Crippen LogP contribution in [0.5, 0.6) is 0 Å². The number of amides is 1. The van der Waals surface area contributed by atoms with Crippen LogP contribution in [0.25, 0.3) is 21.8 Å². The number of piperazine rings is 1. The number of benzene rings is 3. The SMILES string of the molecule is O=C(CN1CCN(Cc2cccc3ccccc23)CC1)Nc1ccc2[nH]c(=O)[nH]c2c1. The van der Waals surface area contributed by atoms with Crippen molar-refractivity contribution in [3.8, 4) is 0 Å². The molecule has 1 aliphatic heterocycles. The first-order chi connectivity index (χ1) is 15.1. The van der Waals surface area contributed by atoms with Crippen molar-refractivity contribution in [2.24, 2.45) is 0 Å². The molecule has 0 unspecified atom stereocenters. The quantitative estimate of drug-likeness (QED) is 0.468. The van der Waals surface area contributed by atoms with Crippen LogP contribution in [-0.2, 0) is 11.3 Å². The predicted molar refractivity (Wildman–Crippen MR) is 123 cm³/mol. The van der Waals surface area contributed by atoms with E-state index in [1.165, 1.54) is 16.3 Å². The molecule has 7 heteroatoms. The van der Waals surface area contributed by atoms with Gasteiger partial charge in [0.1, 0.15) is 0 Å². The molecule has 0 saturated carbocycles. The summed E-state index contributed by atoms with van der Waals surface area (Å²) in [6, 6.07) is 20.3. The molecule has 0 radical (unpaired) electrons. The van der Waals surface area contributed by atoms with E-state index in [4.69, 9.17) is 0 Å². The van der Waals surface area contributed by atoms with Gasteiger partial charge in [0.05, 0.1) is 17.6 Å². The van der Waals surface area contributed by atoms with Crippen molar-refractivity contribution in [3.05, 3.63) is 76.7 Å². The van der Waals surface area contributed by atoms with Gasteiger partial charge in [0.15, 0.2) is 0 Å². The van der Waals surface area contributed by atoms with E-state index in [1.807, 2.05) is 0 Å². The zero-order valence-electron chi connectivity index (χ0n) is 17.2. The molecule has 0 aliphatic carbocycles. The Bertz CT molecular complexity index is 1280. The highest BCUT2D eigenvalue weighted by Gasteiger charge is 2.19. The number of hydrogen-bond donors (Lipinski definition) is 3. The van der Waals surface area contributed by atoms with Crippen molar-refractivity contribution >= 4 is 33.4 Å². The maximum Gasteiger partial charge on any atom is 0.323 e. The van der Waals surface area contributed by atoms with Crippen molar-refractivity contribution in [2.75, 3.05) is 38.0 Å². The summed E-state index contributed by atoms with van der Waals surface area (Å²) >= 11 is 0. The van der Waals surface area contributed by atoms with Gasteiger partial charge in [-0.1, -0.05) is 42.5 Å². The van der Waals surface area contributed by atoms with Crippen molar-refractivity contribution < 1.29 is 4.79 Å². The molecule has 3 aromatic carbocycles. The fourth-order valence-corrected chi connectivity index (χ4v) is 4.29. The molecule has 1 aromatic heterocycles. The first kappa shape index (κ1) is 19.5. The lowest BCUT2D eigenvalue weighted by molar-refractivity contribution is -0.117. The summed E-state index contributed by atoms with van der Waals surface area (Å²) in [5.74, 6) is -0.0419. The molecule has 0 spiro atoms. The van der Waals surface area contributed by atoms with Gasteiger partial charge < -0.3 is 15.3 Å². The van der Waals surface area contributed by atoms with Crippen LogP contribution in [-0.4, -0.2) is 58.4 Å². The lowest BCUT2D eigenvalue weighted by atomic mass is 10.0. The Morgan fingerprint density at radius 2 is 1.61 bits per heavy atom. The number of aromatic amines is 2. The van der Waals surface area contributed by atoms with Gasteiger partial charge in [0.25, 0.3) is 0 Å². The minimum Gasteiger partial charge on any atom is -0.325 e. The summed E-state index contributed by atoms with van der Waals surface area (Å²) in [7, 11) is 0. The summed E-state index contributed by atoms with van der Waals surface area (Å²) in [6.07, 6.45) is 0. The lowest BCUT2D eigenvalue weighted by Gasteiger charge is -2.34. The molecule has 1 aliphatic rings. The Hall–Kier alpha value is -3.42. The van der Waals surface area contributed by atoms with E-state index in [0.717, 1.165) is 38.2 Å². The zero-order valence-corrected chi connectivity index (χ0v) is 17.2. The van der Waals surface area contributed by atoms with Crippen molar-refractivity contribution in [2.45, 2.75) is 6.54 Å². The topological polar surface area (TPSA) is 84.2 Å². The third-order valence-corrected chi connectivity index (χ3v) is 5.91. The fourth-order valence-electron chi connectivity index (χ4n) is 4.29. The number of rotatable bonds is 5. The second-order valence-corrected chi connectivity index (χ2v) is 8.08. The number of carbonyl (C=O) groups excluding carboxylic acids is 1. The summed E-state index contributed by atoms with van der Waals surface area (Å²) in [5, 5.41) is 5.52. The lowest BCUT2D eigenvalue weighted by Crippen LogP contribution is -2.48. The molecule has 7 nitrogen and oxygen atoms in total. The fraction of sp³-hybridized carbons (Fsp3) is 0.250. The largest absolute Gasteiger partial charge is 0.325 e. The Balaban J connectivity index is 1.15. The summed E-state index contributed by atoms with van der Waals surface area (Å²) in [6.45, 7) is 4.89. The molecule has 2 heterocycles. The third kappa shape index (κ3) is 4.38. The average molecular weight is 415 g/mol. The summed E-state index contributed by atoms with van der Waals surface area (Å²) < 4.78 is 0. The molecule has 3 N–H and O–H groups in total. The highest BCUT2D eigenvalue weighted by Crippen LogP contribution is 2.20. The van der Waals surface area contributed by atoms with Gasteiger partial charge in [0.2, 0.25) is 5.91 Å². The van der Waals surface area contributed by atoms with Crippen LogP contribution in [0.1, 0.15) is 5.56 Å². The zero-order chi connectivity index (χ0) is 21.2. The number of hydrogen-bond acceptors (Lipinski definition) is 4. The third-order valence-electron chi connectivity index (χ3n) is 5.91. The molecule has 0 atom stereocenters. The molecule has 0 bridgehead atoms. The summed E-state index contributed by atoms with van der Waals surface area (Å²) in [4.78, 5) is 33.9. The maximum atomic E-state index is 12.5. The van der Waals surface area contributed by atoms with Gasteiger partial charge in [-0.2, -0.15) is 0 Å². The number of imidazole rings is 1. The number of anilines is 1. The monoisotopic (exact) mass is 415 g/mol. The van der Waals surface area contributed by atoms with Gasteiger partial charge in [-0.15, -0.1) is 0 Å². The van der Waals surface area contributed by atoms with E-state index in [-0.39, 0.29) is 11.6 Å². The van der Waals surface area contributed by atoms with Gasteiger partial charge in [-0.05, 0) is 34.5 Å². The molecule has 5 rings (SSSR count). The Morgan fingerprint density at radius 1 is 0.871 bits per heavy atom. The molecular weight excluding hydrogens is 390 g/mol. The Labute approximate surface area is 179 Å². The van der Waals surface area contributed by atoms with E-state index in [2.05, 4.69) is 67.5 Å². The van der Waals surface area contributed by atoms with E-state index >= 15 is 0 Å². The maximum absolute atomic E-state index is 12.5. The number of nitrogens with one attached hydrogen (secondary N) is 3. The van der Waals surface area contributed by atoms with Crippen LogP contribution in [0.2, 0.25) is 0 Å². The predicted octanol–water partition coefficient (Wildman–Crippen LogP) is 2.77. The summed E-state index contributed by atoms with van der Waals surface area (Å²) in [5.41, 5.74) is 3.19. The second kappa shape index (κ2) is 8.37. The second-order valence-electron chi connectivity index (χ2n) is 8.08. The minimum absolute atomic E-state index is 0.0419. The molecule has 1 amide bonds. The first-order valence-corrected chi connectivity index (χ1v) is 10.6. The van der Waals surface area contributed by atoms with Crippen LogP contribution in [0.3, 0.4) is 0 Å². The number of aromatic nitrogens is 2. The van der Waals surface area contributed by atoms with E-state index in [0.29, 0.717) is 17.7 Å². The molecule has 4 aromatic rings. The van der Waals surface area contributed by atoms with E-state index in [9.17, 15) is 9.59 Å². The number of H-pyrrole nitrogens is 2. The van der Waals surface area contributed by atoms with Gasteiger partial charge in [-0.25, -0.2) is 4.79 Å². The minimum atomic E-state index is -0.250. The molecule has 1 fully saturated rings.